The first-order valence-electron chi connectivity index (χ1n) is 5.73. The van der Waals surface area contributed by atoms with Crippen LogP contribution in [-0.2, 0) is 6.42 Å². The molecule has 1 aliphatic heterocycles. The average molecular weight is 258 g/mol. The van der Waals surface area contributed by atoms with E-state index in [-0.39, 0.29) is 6.04 Å². The quantitative estimate of drug-likeness (QED) is 0.642. The van der Waals surface area contributed by atoms with Crippen LogP contribution in [0.25, 0.3) is 0 Å². The highest BCUT2D eigenvalue weighted by Gasteiger charge is 2.26. The van der Waals surface area contributed by atoms with Crippen molar-refractivity contribution in [1.29, 1.82) is 0 Å². The molecule has 94 valence electrons. The number of hydrazine groups is 1. The largest absolute Gasteiger partial charge is 0.271 e. The lowest BCUT2D eigenvalue weighted by Gasteiger charge is -2.22. The highest BCUT2D eigenvalue weighted by Crippen LogP contribution is 2.30. The number of halogens is 2. The molecular weight excluding hydrogens is 242 g/mol. The number of thioether (sulfide) groups is 1. The molecule has 2 nitrogen and oxygen atoms in total. The van der Waals surface area contributed by atoms with Crippen molar-refractivity contribution in [2.45, 2.75) is 30.6 Å². The lowest BCUT2D eigenvalue weighted by atomic mass is 10.0. The van der Waals surface area contributed by atoms with E-state index in [4.69, 9.17) is 5.84 Å². The maximum Gasteiger partial charge on any atom is 0.162 e. The Balaban J connectivity index is 2.09. The smallest absolute Gasteiger partial charge is 0.162 e. The molecule has 0 saturated carbocycles. The van der Waals surface area contributed by atoms with Gasteiger partial charge in [0, 0.05) is 11.3 Å². The van der Waals surface area contributed by atoms with E-state index in [9.17, 15) is 8.78 Å². The maximum absolute atomic E-state index is 13.5. The first-order chi connectivity index (χ1) is 8.22. The van der Waals surface area contributed by atoms with Gasteiger partial charge in [0.2, 0.25) is 0 Å². The normalized spacial score (nSPS) is 21.7. The predicted molar refractivity (Wildman–Crippen MR) is 66.7 cm³/mol. The summed E-state index contributed by atoms with van der Waals surface area (Å²) in [4.78, 5) is 0. The number of hydrogen-bond acceptors (Lipinski definition) is 3. The molecule has 5 heteroatoms. The van der Waals surface area contributed by atoms with Gasteiger partial charge in [-0.1, -0.05) is 12.1 Å². The van der Waals surface area contributed by atoms with E-state index in [0.717, 1.165) is 18.2 Å². The molecule has 1 fully saturated rings. The Bertz CT molecular complexity index is 381. The van der Waals surface area contributed by atoms with E-state index in [1.165, 1.54) is 12.5 Å². The number of rotatable bonds is 4. The summed E-state index contributed by atoms with van der Waals surface area (Å²) in [7, 11) is 0. The van der Waals surface area contributed by atoms with Gasteiger partial charge in [-0.05, 0) is 36.6 Å². The number of hydrogen-bond donors (Lipinski definition) is 2. The van der Waals surface area contributed by atoms with Crippen LogP contribution >= 0.6 is 11.8 Å². The van der Waals surface area contributed by atoms with Crippen LogP contribution < -0.4 is 11.3 Å². The van der Waals surface area contributed by atoms with Crippen LogP contribution in [0.5, 0.6) is 0 Å². The Hall–Kier alpha value is -0.650. The van der Waals surface area contributed by atoms with E-state index < -0.39 is 11.6 Å². The molecule has 1 aromatic carbocycles. The monoisotopic (exact) mass is 258 g/mol. The summed E-state index contributed by atoms with van der Waals surface area (Å²) < 4.78 is 26.6. The molecule has 0 bridgehead atoms. The summed E-state index contributed by atoms with van der Waals surface area (Å²) >= 11 is 1.85. The van der Waals surface area contributed by atoms with Crippen molar-refractivity contribution in [2.24, 2.45) is 5.84 Å². The van der Waals surface area contributed by atoms with Crippen LogP contribution in [0.15, 0.2) is 18.2 Å². The molecule has 2 rings (SSSR count). The van der Waals surface area contributed by atoms with Crippen LogP contribution in [0.1, 0.15) is 18.4 Å². The van der Waals surface area contributed by atoms with Crippen molar-refractivity contribution in [1.82, 2.24) is 5.43 Å². The fourth-order valence-electron chi connectivity index (χ4n) is 2.16. The molecule has 0 aliphatic carbocycles. The van der Waals surface area contributed by atoms with E-state index in [1.807, 2.05) is 11.8 Å². The molecule has 1 aromatic rings. The second-order valence-electron chi connectivity index (χ2n) is 4.24. The molecule has 1 saturated heterocycles. The summed E-state index contributed by atoms with van der Waals surface area (Å²) in [6.07, 6.45) is 2.67. The fourth-order valence-corrected chi connectivity index (χ4v) is 3.54. The first kappa shape index (κ1) is 12.8. The van der Waals surface area contributed by atoms with Crippen molar-refractivity contribution >= 4 is 11.8 Å². The third-order valence-electron chi connectivity index (χ3n) is 3.10. The molecule has 0 aromatic heterocycles. The minimum absolute atomic E-state index is 0.00111. The van der Waals surface area contributed by atoms with Crippen LogP contribution in [-0.4, -0.2) is 17.0 Å². The standard InChI is InChI=1S/C12H16F2N2S/c13-9-4-1-3-8(12(9)14)7-10(16-15)11-5-2-6-17-11/h1,3-4,10-11,16H,2,5-7,15H2. The number of benzene rings is 1. The molecule has 1 aliphatic rings. The average Bonchev–Trinajstić information content (AvgIpc) is 2.85. The zero-order valence-corrected chi connectivity index (χ0v) is 10.3. The highest BCUT2D eigenvalue weighted by molar-refractivity contribution is 8.00. The predicted octanol–water partition coefficient (Wildman–Crippen LogP) is 2.23. The molecule has 1 heterocycles. The van der Waals surface area contributed by atoms with Crippen molar-refractivity contribution in [3.8, 4) is 0 Å². The van der Waals surface area contributed by atoms with Gasteiger partial charge >= 0.3 is 0 Å². The summed E-state index contributed by atoms with van der Waals surface area (Å²) in [5.41, 5.74) is 3.12. The summed E-state index contributed by atoms with van der Waals surface area (Å²) in [6, 6.07) is 4.28. The topological polar surface area (TPSA) is 38.0 Å². The number of nitrogens with two attached hydrogens (primary N) is 1. The zero-order valence-electron chi connectivity index (χ0n) is 9.46. The molecular formula is C12H16F2N2S. The molecule has 0 amide bonds. The van der Waals surface area contributed by atoms with Gasteiger partial charge in [0.1, 0.15) is 0 Å². The Kier molecular flexibility index (Phi) is 4.36. The van der Waals surface area contributed by atoms with E-state index in [0.29, 0.717) is 17.2 Å². The molecule has 0 radical (unpaired) electrons. The summed E-state index contributed by atoms with van der Waals surface area (Å²) in [5, 5.41) is 0.391. The Morgan fingerprint density at radius 2 is 2.29 bits per heavy atom. The molecule has 3 N–H and O–H groups in total. The third-order valence-corrected chi connectivity index (χ3v) is 4.62. The van der Waals surface area contributed by atoms with Crippen molar-refractivity contribution in [3.05, 3.63) is 35.4 Å². The summed E-state index contributed by atoms with van der Waals surface area (Å²) in [5.74, 6) is 5.08. The van der Waals surface area contributed by atoms with Crippen molar-refractivity contribution in [3.63, 3.8) is 0 Å². The fraction of sp³-hybridized carbons (Fsp3) is 0.500. The Labute approximate surface area is 104 Å². The van der Waals surface area contributed by atoms with Crippen LogP contribution in [0.2, 0.25) is 0 Å². The van der Waals surface area contributed by atoms with E-state index >= 15 is 0 Å². The second kappa shape index (κ2) is 5.80. The van der Waals surface area contributed by atoms with Gasteiger partial charge in [-0.3, -0.25) is 11.3 Å². The Morgan fingerprint density at radius 1 is 1.47 bits per heavy atom. The first-order valence-corrected chi connectivity index (χ1v) is 6.78. The number of nitrogens with one attached hydrogen (secondary N) is 1. The van der Waals surface area contributed by atoms with Gasteiger partial charge < -0.3 is 0 Å². The van der Waals surface area contributed by atoms with E-state index in [2.05, 4.69) is 5.43 Å². The van der Waals surface area contributed by atoms with Crippen molar-refractivity contribution in [2.75, 3.05) is 5.75 Å². The van der Waals surface area contributed by atoms with Crippen LogP contribution in [0.4, 0.5) is 8.78 Å². The minimum Gasteiger partial charge on any atom is -0.271 e. The molecule has 2 unspecified atom stereocenters. The minimum atomic E-state index is -0.794. The third kappa shape index (κ3) is 2.97. The SMILES string of the molecule is NNC(Cc1cccc(F)c1F)C1CCCS1. The van der Waals surface area contributed by atoms with Crippen LogP contribution in [0, 0.1) is 11.6 Å². The van der Waals surface area contributed by atoms with Gasteiger partial charge in [0.15, 0.2) is 11.6 Å². The highest BCUT2D eigenvalue weighted by atomic mass is 32.2. The lowest BCUT2D eigenvalue weighted by Crippen LogP contribution is -2.43. The summed E-state index contributed by atoms with van der Waals surface area (Å²) in [6.45, 7) is 0. The van der Waals surface area contributed by atoms with Gasteiger partial charge in [-0.2, -0.15) is 11.8 Å². The molecule has 17 heavy (non-hydrogen) atoms. The van der Waals surface area contributed by atoms with E-state index in [1.54, 1.807) is 6.07 Å². The zero-order chi connectivity index (χ0) is 12.3. The Morgan fingerprint density at radius 3 is 2.94 bits per heavy atom. The second-order valence-corrected chi connectivity index (χ2v) is 5.59. The lowest BCUT2D eigenvalue weighted by molar-refractivity contribution is 0.463. The van der Waals surface area contributed by atoms with Gasteiger partial charge in [0.05, 0.1) is 0 Å². The van der Waals surface area contributed by atoms with Gasteiger partial charge in [-0.25, -0.2) is 8.78 Å². The molecule has 0 spiro atoms. The maximum atomic E-state index is 13.5. The van der Waals surface area contributed by atoms with Crippen molar-refractivity contribution < 1.29 is 8.78 Å². The molecule has 2 atom stereocenters. The van der Waals surface area contributed by atoms with Gasteiger partial charge in [-0.15, -0.1) is 0 Å². The van der Waals surface area contributed by atoms with Crippen LogP contribution in [0.3, 0.4) is 0 Å². The van der Waals surface area contributed by atoms with Gasteiger partial charge in [0.25, 0.3) is 0 Å².